The van der Waals surface area contributed by atoms with Crippen LogP contribution in [0.15, 0.2) is 76.1 Å². The number of rotatable bonds is 12. The van der Waals surface area contributed by atoms with E-state index in [4.69, 9.17) is 8.83 Å². The van der Waals surface area contributed by atoms with Crippen LogP contribution in [0.5, 0.6) is 0 Å². The molecule has 49 heavy (non-hydrogen) atoms. The Morgan fingerprint density at radius 2 is 1.10 bits per heavy atom. The molecule has 5 heterocycles. The fourth-order valence-corrected chi connectivity index (χ4v) is 6.29. The van der Waals surface area contributed by atoms with Gasteiger partial charge in [-0.25, -0.2) is 14.6 Å². The van der Waals surface area contributed by atoms with Crippen LogP contribution in [0.2, 0.25) is 0 Å². The third-order valence-electron chi connectivity index (χ3n) is 9.10. The monoisotopic (exact) mass is 663 g/mol. The van der Waals surface area contributed by atoms with Gasteiger partial charge in [0.05, 0.1) is 11.9 Å². The van der Waals surface area contributed by atoms with Gasteiger partial charge in [0.15, 0.2) is 11.4 Å². The summed E-state index contributed by atoms with van der Waals surface area (Å²) >= 11 is 0. The van der Waals surface area contributed by atoms with E-state index < -0.39 is 0 Å². The summed E-state index contributed by atoms with van der Waals surface area (Å²) in [7, 11) is 0. The van der Waals surface area contributed by atoms with Crippen LogP contribution in [0.25, 0.3) is 39.9 Å². The molecule has 2 aliphatic rings. The molecular weight excluding hydrogens is 622 g/mol. The summed E-state index contributed by atoms with van der Waals surface area (Å²) in [5.41, 5.74) is 4.40. The first-order valence-corrected chi connectivity index (χ1v) is 17.2. The van der Waals surface area contributed by atoms with E-state index in [2.05, 4.69) is 40.7 Å². The number of oxazole rings is 2. The smallest absolute Gasteiger partial charge is 0.273 e. The normalized spacial score (nSPS) is 15.7. The van der Waals surface area contributed by atoms with Crippen molar-refractivity contribution >= 4 is 11.8 Å². The molecule has 2 fully saturated rings. The maximum Gasteiger partial charge on any atom is 0.273 e. The second-order valence-corrected chi connectivity index (χ2v) is 12.6. The lowest BCUT2D eigenvalue weighted by Gasteiger charge is -2.26. The highest BCUT2D eigenvalue weighted by Gasteiger charge is 2.17. The van der Waals surface area contributed by atoms with Crippen LogP contribution in [0, 0.1) is 0 Å². The van der Waals surface area contributed by atoms with Gasteiger partial charge in [0.1, 0.15) is 18.2 Å². The number of likely N-dealkylation sites (tertiary alicyclic amines) is 2. The molecule has 0 unspecified atom stereocenters. The lowest BCUT2D eigenvalue weighted by molar-refractivity contribution is 0.0933. The molecule has 13 heteroatoms. The number of hydrogen-bond donors (Lipinski definition) is 2. The molecule has 0 spiro atoms. The van der Waals surface area contributed by atoms with Crippen LogP contribution in [0.4, 0.5) is 0 Å². The van der Waals surface area contributed by atoms with Crippen molar-refractivity contribution in [3.05, 3.63) is 78.6 Å². The number of benzene rings is 2. The molecule has 13 nitrogen and oxygen atoms in total. The van der Waals surface area contributed by atoms with Crippen molar-refractivity contribution in [2.75, 3.05) is 52.4 Å². The number of carbonyl (C=O) groups excluding carboxylic acids is 2. The van der Waals surface area contributed by atoms with Crippen molar-refractivity contribution in [1.29, 1.82) is 0 Å². The zero-order valence-electron chi connectivity index (χ0n) is 27.5. The van der Waals surface area contributed by atoms with Gasteiger partial charge >= 0.3 is 0 Å². The molecule has 0 bridgehead atoms. The zero-order chi connectivity index (χ0) is 33.4. The topological polar surface area (TPSA) is 147 Å². The third kappa shape index (κ3) is 8.12. The van der Waals surface area contributed by atoms with Gasteiger partial charge in [-0.05, 0) is 88.3 Å². The molecule has 2 saturated heterocycles. The lowest BCUT2D eigenvalue weighted by atomic mass is 10.1. The third-order valence-corrected chi connectivity index (χ3v) is 9.10. The van der Waals surface area contributed by atoms with Gasteiger partial charge in [-0.1, -0.05) is 30.2 Å². The summed E-state index contributed by atoms with van der Waals surface area (Å²) in [5, 5.41) is 14.5. The molecule has 0 radical (unpaired) electrons. The van der Waals surface area contributed by atoms with Crippen molar-refractivity contribution in [3.8, 4) is 39.9 Å². The van der Waals surface area contributed by atoms with Gasteiger partial charge in [-0.2, -0.15) is 0 Å². The van der Waals surface area contributed by atoms with E-state index in [-0.39, 0.29) is 23.2 Å². The van der Waals surface area contributed by atoms with Gasteiger partial charge in [-0.15, -0.1) is 5.10 Å². The van der Waals surface area contributed by atoms with Crippen molar-refractivity contribution in [2.24, 2.45) is 0 Å². The van der Waals surface area contributed by atoms with E-state index in [9.17, 15) is 9.59 Å². The van der Waals surface area contributed by atoms with Crippen LogP contribution in [0.1, 0.15) is 59.5 Å². The molecular formula is C36H41N9O4. The number of hydrogen-bond acceptors (Lipinski definition) is 10. The number of carbonyl (C=O) groups is 2. The number of nitrogens with one attached hydrogen (secondary N) is 2. The van der Waals surface area contributed by atoms with E-state index in [0.717, 1.165) is 61.6 Å². The van der Waals surface area contributed by atoms with Crippen LogP contribution in [0.3, 0.4) is 0 Å². The highest BCUT2D eigenvalue weighted by Crippen LogP contribution is 2.25. The first-order valence-electron chi connectivity index (χ1n) is 17.2. The Balaban J connectivity index is 0.916. The number of amides is 2. The number of aromatic nitrogens is 5. The Hall–Kier alpha value is -5.14. The Kier molecular flexibility index (Phi) is 10.2. The highest BCUT2D eigenvalue weighted by molar-refractivity contribution is 5.93. The van der Waals surface area contributed by atoms with Crippen LogP contribution < -0.4 is 10.6 Å². The van der Waals surface area contributed by atoms with Crippen molar-refractivity contribution in [3.63, 3.8) is 0 Å². The molecule has 5 aromatic rings. The van der Waals surface area contributed by atoms with Gasteiger partial charge < -0.3 is 29.3 Å². The number of piperidine rings is 2. The average Bonchev–Trinajstić information content (AvgIpc) is 3.95. The summed E-state index contributed by atoms with van der Waals surface area (Å²) in [5.74, 6) is 0.278. The maximum absolute atomic E-state index is 12.6. The first-order chi connectivity index (χ1) is 24.1. The van der Waals surface area contributed by atoms with Gasteiger partial charge in [0.25, 0.3) is 11.8 Å². The zero-order valence-corrected chi connectivity index (χ0v) is 27.5. The predicted molar refractivity (Wildman–Crippen MR) is 183 cm³/mol. The van der Waals surface area contributed by atoms with Crippen LogP contribution in [-0.4, -0.2) is 98.9 Å². The Bertz CT molecular complexity index is 1700. The molecule has 0 saturated carbocycles. The highest BCUT2D eigenvalue weighted by atomic mass is 16.3. The standard InChI is InChI=1S/C36H41N9O4/c46-33(37-15-21-43-17-3-1-4-18-43)31-24-48-35(39-31)27-9-7-26(8-10-27)30-23-45(42-41-30)29-13-11-28(12-14-29)36-40-32(25-49-36)34(47)38-16-22-44-19-5-2-6-20-44/h7-14,23-25H,1-6,15-22H2,(H,37,46)(H,38,47). The Morgan fingerprint density at radius 3 is 1.61 bits per heavy atom. The Morgan fingerprint density at radius 1 is 0.633 bits per heavy atom. The quantitative estimate of drug-likeness (QED) is 0.193. The molecule has 0 aliphatic carbocycles. The average molecular weight is 664 g/mol. The van der Waals surface area contributed by atoms with Crippen molar-refractivity contribution in [2.45, 2.75) is 38.5 Å². The molecule has 2 N–H and O–H groups in total. The molecule has 7 rings (SSSR count). The summed E-state index contributed by atoms with van der Waals surface area (Å²) < 4.78 is 12.9. The van der Waals surface area contributed by atoms with Crippen LogP contribution >= 0.6 is 0 Å². The van der Waals surface area contributed by atoms with E-state index in [1.165, 1.54) is 51.1 Å². The minimum Gasteiger partial charge on any atom is -0.444 e. The summed E-state index contributed by atoms with van der Waals surface area (Å²) in [4.78, 5) is 38.7. The summed E-state index contributed by atoms with van der Waals surface area (Å²) in [6.45, 7) is 7.23. The fraction of sp³-hybridized carbons (Fsp3) is 0.389. The summed E-state index contributed by atoms with van der Waals surface area (Å²) in [6, 6.07) is 15.1. The molecule has 254 valence electrons. The van der Waals surface area contributed by atoms with E-state index in [1.54, 1.807) is 4.68 Å². The maximum atomic E-state index is 12.6. The van der Waals surface area contributed by atoms with Gasteiger partial charge in [0.2, 0.25) is 11.8 Å². The second-order valence-electron chi connectivity index (χ2n) is 12.6. The predicted octanol–water partition coefficient (Wildman–Crippen LogP) is 4.68. The fourth-order valence-electron chi connectivity index (χ4n) is 6.29. The molecule has 2 aliphatic heterocycles. The largest absolute Gasteiger partial charge is 0.444 e. The minimum absolute atomic E-state index is 0.236. The molecule has 2 aromatic carbocycles. The first kappa shape index (κ1) is 32.4. The SMILES string of the molecule is O=C(NCCN1CCCCC1)c1coc(-c2ccc(-c3cn(-c4ccc(-c5nc(C(=O)NCCN6CCCCC6)co5)cc4)nn3)cc2)n1. The molecule has 2 amide bonds. The van der Waals surface area contributed by atoms with E-state index in [1.807, 2.05) is 54.7 Å². The lowest BCUT2D eigenvalue weighted by Crippen LogP contribution is -2.37. The van der Waals surface area contributed by atoms with Crippen molar-refractivity contribution < 1.29 is 18.4 Å². The number of nitrogens with zero attached hydrogens (tertiary/aromatic N) is 7. The van der Waals surface area contributed by atoms with E-state index in [0.29, 0.717) is 30.6 Å². The van der Waals surface area contributed by atoms with Gasteiger partial charge in [0, 0.05) is 42.9 Å². The molecule has 0 atom stereocenters. The Labute approximate surface area is 284 Å². The van der Waals surface area contributed by atoms with E-state index >= 15 is 0 Å². The minimum atomic E-state index is -0.238. The summed E-state index contributed by atoms with van der Waals surface area (Å²) in [6.07, 6.45) is 12.1. The second kappa shape index (κ2) is 15.4. The van der Waals surface area contributed by atoms with Crippen molar-refractivity contribution in [1.82, 2.24) is 45.4 Å². The van der Waals surface area contributed by atoms with Crippen LogP contribution in [-0.2, 0) is 0 Å². The van der Waals surface area contributed by atoms with Gasteiger partial charge in [-0.3, -0.25) is 9.59 Å². The molecule has 3 aromatic heterocycles.